The predicted octanol–water partition coefficient (Wildman–Crippen LogP) is 2.77. The van der Waals surface area contributed by atoms with Gasteiger partial charge < -0.3 is 4.74 Å². The van der Waals surface area contributed by atoms with Crippen LogP contribution in [-0.2, 0) is 11.2 Å². The van der Waals surface area contributed by atoms with Crippen LogP contribution in [0.15, 0.2) is 24.3 Å². The van der Waals surface area contributed by atoms with E-state index in [4.69, 9.17) is 4.74 Å². The summed E-state index contributed by atoms with van der Waals surface area (Å²) in [4.78, 5) is 10.4. The van der Waals surface area contributed by atoms with Gasteiger partial charge in [0, 0.05) is 6.61 Å². The number of halogens is 1. The first kappa shape index (κ1) is 11.9. The van der Waals surface area contributed by atoms with E-state index in [0.29, 0.717) is 6.61 Å². The molecule has 3 heteroatoms. The molecule has 2 nitrogen and oxygen atoms in total. The molecule has 0 fully saturated rings. The van der Waals surface area contributed by atoms with Crippen LogP contribution < -0.4 is 0 Å². The van der Waals surface area contributed by atoms with Gasteiger partial charge in [-0.3, -0.25) is 4.79 Å². The second-order valence-electron chi connectivity index (χ2n) is 3.33. The number of carbonyl (C=O) groups is 1. The van der Waals surface area contributed by atoms with Crippen molar-refractivity contribution in [3.63, 3.8) is 0 Å². The van der Waals surface area contributed by atoms with Gasteiger partial charge in [-0.1, -0.05) is 19.1 Å². The SMILES string of the molecule is CCCOCCc1ccc(C(=O)F)cc1. The average molecular weight is 210 g/mol. The molecule has 0 saturated heterocycles. The molecular weight excluding hydrogens is 195 g/mol. The topological polar surface area (TPSA) is 26.3 Å². The second kappa shape index (κ2) is 6.30. The van der Waals surface area contributed by atoms with Crippen molar-refractivity contribution in [3.8, 4) is 0 Å². The maximum absolute atomic E-state index is 12.3. The third-order valence-electron chi connectivity index (χ3n) is 2.06. The van der Waals surface area contributed by atoms with Gasteiger partial charge in [0.05, 0.1) is 12.2 Å². The quantitative estimate of drug-likeness (QED) is 0.533. The van der Waals surface area contributed by atoms with Crippen LogP contribution in [0.25, 0.3) is 0 Å². The minimum Gasteiger partial charge on any atom is -0.381 e. The Bertz CT molecular complexity index is 306. The Morgan fingerprint density at radius 3 is 2.47 bits per heavy atom. The summed E-state index contributed by atoms with van der Waals surface area (Å²) in [6.07, 6.45) is 1.80. The van der Waals surface area contributed by atoms with Gasteiger partial charge in [-0.25, -0.2) is 0 Å². The summed E-state index contributed by atoms with van der Waals surface area (Å²) in [5, 5.41) is 0. The molecule has 0 aliphatic carbocycles. The number of rotatable bonds is 6. The van der Waals surface area contributed by atoms with Gasteiger partial charge in [-0.15, -0.1) is 0 Å². The Morgan fingerprint density at radius 1 is 1.27 bits per heavy atom. The van der Waals surface area contributed by atoms with Gasteiger partial charge in [0.2, 0.25) is 0 Å². The second-order valence-corrected chi connectivity index (χ2v) is 3.33. The van der Waals surface area contributed by atoms with E-state index in [1.54, 1.807) is 12.1 Å². The summed E-state index contributed by atoms with van der Waals surface area (Å²) in [5.41, 5.74) is 1.16. The van der Waals surface area contributed by atoms with Gasteiger partial charge in [0.25, 0.3) is 0 Å². The molecule has 0 unspecified atom stereocenters. The standard InChI is InChI=1S/C12H15FO2/c1-2-8-15-9-7-10-3-5-11(6-4-10)12(13)14/h3-6H,2,7-9H2,1H3. The lowest BCUT2D eigenvalue weighted by atomic mass is 10.1. The summed E-state index contributed by atoms with van der Waals surface area (Å²) in [5.74, 6) is 0. The molecule has 15 heavy (non-hydrogen) atoms. The fourth-order valence-electron chi connectivity index (χ4n) is 1.24. The number of hydrogen-bond acceptors (Lipinski definition) is 2. The van der Waals surface area contributed by atoms with Crippen LogP contribution in [0.4, 0.5) is 4.39 Å². The minimum absolute atomic E-state index is 0.105. The number of benzene rings is 1. The fraction of sp³-hybridized carbons (Fsp3) is 0.417. The highest BCUT2D eigenvalue weighted by Crippen LogP contribution is 2.06. The molecule has 0 aliphatic heterocycles. The Kier molecular flexibility index (Phi) is 4.98. The van der Waals surface area contributed by atoms with E-state index in [1.807, 2.05) is 0 Å². The van der Waals surface area contributed by atoms with E-state index < -0.39 is 6.04 Å². The molecule has 0 amide bonds. The van der Waals surface area contributed by atoms with Crippen LogP contribution in [0.2, 0.25) is 0 Å². The lowest BCUT2D eigenvalue weighted by Crippen LogP contribution is -1.99. The Labute approximate surface area is 89.1 Å². The van der Waals surface area contributed by atoms with Crippen molar-refractivity contribution in [2.45, 2.75) is 19.8 Å². The van der Waals surface area contributed by atoms with Gasteiger partial charge in [-0.05, 0) is 30.5 Å². The average Bonchev–Trinajstić information content (AvgIpc) is 2.25. The molecule has 0 aliphatic rings. The third kappa shape index (κ3) is 4.21. The van der Waals surface area contributed by atoms with Gasteiger partial charge in [-0.2, -0.15) is 4.39 Å². The molecule has 0 N–H and O–H groups in total. The van der Waals surface area contributed by atoms with Gasteiger partial charge in [0.1, 0.15) is 0 Å². The zero-order valence-electron chi connectivity index (χ0n) is 8.83. The van der Waals surface area contributed by atoms with Gasteiger partial charge in [0.15, 0.2) is 0 Å². The molecule has 0 atom stereocenters. The van der Waals surface area contributed by atoms with E-state index >= 15 is 0 Å². The maximum atomic E-state index is 12.3. The zero-order valence-corrected chi connectivity index (χ0v) is 8.83. The van der Waals surface area contributed by atoms with Crippen LogP contribution in [0.5, 0.6) is 0 Å². The highest BCUT2D eigenvalue weighted by Gasteiger charge is 2.02. The molecule has 1 aromatic rings. The first-order valence-corrected chi connectivity index (χ1v) is 5.10. The molecule has 1 aromatic carbocycles. The minimum atomic E-state index is -1.39. The van der Waals surface area contributed by atoms with E-state index in [0.717, 1.165) is 25.0 Å². The van der Waals surface area contributed by atoms with E-state index in [1.165, 1.54) is 12.1 Å². The molecule has 1 rings (SSSR count). The first-order valence-electron chi connectivity index (χ1n) is 5.10. The number of carbonyl (C=O) groups excluding carboxylic acids is 1. The smallest absolute Gasteiger partial charge is 0.332 e. The number of hydrogen-bond donors (Lipinski definition) is 0. The molecule has 0 bridgehead atoms. The number of ether oxygens (including phenoxy) is 1. The monoisotopic (exact) mass is 210 g/mol. The van der Waals surface area contributed by atoms with Crippen LogP contribution in [0, 0.1) is 0 Å². The molecule has 0 spiro atoms. The highest BCUT2D eigenvalue weighted by molar-refractivity contribution is 5.88. The summed E-state index contributed by atoms with van der Waals surface area (Å²) in [6.45, 7) is 3.49. The van der Waals surface area contributed by atoms with Crippen molar-refractivity contribution < 1.29 is 13.9 Å². The van der Waals surface area contributed by atoms with Crippen molar-refractivity contribution in [1.29, 1.82) is 0 Å². The van der Waals surface area contributed by atoms with Crippen molar-refractivity contribution in [1.82, 2.24) is 0 Å². The first-order chi connectivity index (χ1) is 7.24. The van der Waals surface area contributed by atoms with Crippen LogP contribution in [-0.4, -0.2) is 19.3 Å². The molecule has 0 heterocycles. The summed E-state index contributed by atoms with van der Waals surface area (Å²) in [6, 6.07) is 5.11. The predicted molar refractivity (Wildman–Crippen MR) is 56.7 cm³/mol. The molecule has 82 valence electrons. The van der Waals surface area contributed by atoms with Crippen LogP contribution in [0.3, 0.4) is 0 Å². The molecular formula is C12H15FO2. The normalized spacial score (nSPS) is 10.3. The van der Waals surface area contributed by atoms with Crippen LogP contribution >= 0.6 is 0 Å². The van der Waals surface area contributed by atoms with Gasteiger partial charge >= 0.3 is 6.04 Å². The van der Waals surface area contributed by atoms with Crippen LogP contribution in [0.1, 0.15) is 29.3 Å². The summed E-state index contributed by atoms with van der Waals surface area (Å²) >= 11 is 0. The maximum Gasteiger partial charge on any atom is 0.332 e. The lowest BCUT2D eigenvalue weighted by molar-refractivity contribution is 0.0836. The lowest BCUT2D eigenvalue weighted by Gasteiger charge is -2.02. The zero-order chi connectivity index (χ0) is 11.1. The molecule has 0 radical (unpaired) electrons. The Morgan fingerprint density at radius 2 is 1.93 bits per heavy atom. The molecule has 0 saturated carbocycles. The molecule has 0 aromatic heterocycles. The van der Waals surface area contributed by atoms with Crippen molar-refractivity contribution in [3.05, 3.63) is 35.4 Å². The fourth-order valence-corrected chi connectivity index (χ4v) is 1.24. The van der Waals surface area contributed by atoms with Crippen molar-refractivity contribution >= 4 is 6.04 Å². The Balaban J connectivity index is 2.39. The Hall–Kier alpha value is -1.22. The van der Waals surface area contributed by atoms with Crippen molar-refractivity contribution in [2.24, 2.45) is 0 Å². The highest BCUT2D eigenvalue weighted by atomic mass is 19.1. The van der Waals surface area contributed by atoms with E-state index in [9.17, 15) is 9.18 Å². The van der Waals surface area contributed by atoms with Crippen molar-refractivity contribution in [2.75, 3.05) is 13.2 Å². The van der Waals surface area contributed by atoms with E-state index in [2.05, 4.69) is 6.92 Å². The third-order valence-corrected chi connectivity index (χ3v) is 2.06. The largest absolute Gasteiger partial charge is 0.381 e. The summed E-state index contributed by atoms with van der Waals surface area (Å²) < 4.78 is 17.6. The van der Waals surface area contributed by atoms with E-state index in [-0.39, 0.29) is 5.56 Å². The summed E-state index contributed by atoms with van der Waals surface area (Å²) in [7, 11) is 0.